The number of pyridine rings is 1. The summed E-state index contributed by atoms with van der Waals surface area (Å²) in [7, 11) is 1.79. The van der Waals surface area contributed by atoms with Gasteiger partial charge in [0.2, 0.25) is 0 Å². The van der Waals surface area contributed by atoms with E-state index in [9.17, 15) is 0 Å². The van der Waals surface area contributed by atoms with E-state index in [2.05, 4.69) is 38.8 Å². The number of nitrogens with one attached hydrogen (secondary N) is 2. The summed E-state index contributed by atoms with van der Waals surface area (Å²) in [6, 6.07) is 14.4. The van der Waals surface area contributed by atoms with Gasteiger partial charge in [-0.2, -0.15) is 0 Å². The quantitative estimate of drug-likeness (QED) is 0.453. The first-order valence-electron chi connectivity index (χ1n) is 7.18. The first-order chi connectivity index (χ1) is 10.3. The van der Waals surface area contributed by atoms with Crippen LogP contribution in [0.5, 0.6) is 0 Å². The molecule has 5 heteroatoms. The van der Waals surface area contributed by atoms with E-state index < -0.39 is 0 Å². The fourth-order valence-electron chi connectivity index (χ4n) is 1.97. The van der Waals surface area contributed by atoms with Crippen molar-refractivity contribution in [2.45, 2.75) is 19.9 Å². The van der Waals surface area contributed by atoms with Gasteiger partial charge in [-0.05, 0) is 30.5 Å². The number of benzene rings is 1. The summed E-state index contributed by atoms with van der Waals surface area (Å²) in [5.74, 6) is 0.818. The third-order valence-corrected chi connectivity index (χ3v) is 3.21. The van der Waals surface area contributed by atoms with Crippen molar-refractivity contribution in [3.63, 3.8) is 0 Å². The van der Waals surface area contributed by atoms with Crippen LogP contribution in [0.15, 0.2) is 53.7 Å². The molecule has 1 heterocycles. The van der Waals surface area contributed by atoms with Gasteiger partial charge in [-0.1, -0.05) is 36.4 Å². The molecule has 2 rings (SSSR count). The van der Waals surface area contributed by atoms with E-state index in [-0.39, 0.29) is 24.0 Å². The Bertz CT molecular complexity index is 567. The zero-order valence-electron chi connectivity index (χ0n) is 13.0. The summed E-state index contributed by atoms with van der Waals surface area (Å²) in [4.78, 5) is 8.53. The number of hydrogen-bond acceptors (Lipinski definition) is 2. The van der Waals surface area contributed by atoms with E-state index in [0.717, 1.165) is 31.2 Å². The Hall–Kier alpha value is -1.63. The normalized spacial score (nSPS) is 10.7. The standard InChI is InChI=1S/C17H22N4.HI/c1-14-8-9-16(12-20-14)10-11-19-17(18-2)21-13-15-6-4-3-5-7-15;/h3-9,12H,10-11,13H2,1-2H3,(H2,18,19,21);1H. The molecule has 0 radical (unpaired) electrons. The van der Waals surface area contributed by atoms with Gasteiger partial charge in [-0.15, -0.1) is 24.0 Å². The minimum Gasteiger partial charge on any atom is -0.356 e. The van der Waals surface area contributed by atoms with Gasteiger partial charge in [0.1, 0.15) is 0 Å². The Morgan fingerprint density at radius 2 is 1.82 bits per heavy atom. The van der Waals surface area contributed by atoms with E-state index >= 15 is 0 Å². The zero-order valence-corrected chi connectivity index (χ0v) is 15.4. The summed E-state index contributed by atoms with van der Waals surface area (Å²) < 4.78 is 0. The van der Waals surface area contributed by atoms with Crippen molar-refractivity contribution in [2.24, 2.45) is 4.99 Å². The van der Waals surface area contributed by atoms with Crippen molar-refractivity contribution in [1.29, 1.82) is 0 Å². The van der Waals surface area contributed by atoms with Crippen LogP contribution in [-0.2, 0) is 13.0 Å². The molecule has 0 aliphatic carbocycles. The Morgan fingerprint density at radius 1 is 1.05 bits per heavy atom. The smallest absolute Gasteiger partial charge is 0.191 e. The number of hydrogen-bond donors (Lipinski definition) is 2. The lowest BCUT2D eigenvalue weighted by Gasteiger charge is -2.12. The predicted molar refractivity (Wildman–Crippen MR) is 103 cm³/mol. The van der Waals surface area contributed by atoms with Crippen LogP contribution in [-0.4, -0.2) is 24.5 Å². The van der Waals surface area contributed by atoms with E-state index in [4.69, 9.17) is 0 Å². The van der Waals surface area contributed by atoms with E-state index in [0.29, 0.717) is 0 Å². The molecule has 4 nitrogen and oxygen atoms in total. The lowest BCUT2D eigenvalue weighted by atomic mass is 10.2. The maximum absolute atomic E-state index is 4.30. The largest absolute Gasteiger partial charge is 0.356 e. The van der Waals surface area contributed by atoms with Gasteiger partial charge < -0.3 is 10.6 Å². The minimum atomic E-state index is 0. The van der Waals surface area contributed by atoms with E-state index in [1.54, 1.807) is 7.05 Å². The minimum absolute atomic E-state index is 0. The Morgan fingerprint density at radius 3 is 2.45 bits per heavy atom. The summed E-state index contributed by atoms with van der Waals surface area (Å²) in [6.45, 7) is 3.60. The summed E-state index contributed by atoms with van der Waals surface area (Å²) >= 11 is 0. The molecule has 0 saturated carbocycles. The first kappa shape index (κ1) is 18.4. The molecule has 1 aromatic carbocycles. The fraction of sp³-hybridized carbons (Fsp3) is 0.294. The third-order valence-electron chi connectivity index (χ3n) is 3.21. The summed E-state index contributed by atoms with van der Waals surface area (Å²) in [5, 5.41) is 6.62. The molecule has 0 aliphatic rings. The maximum Gasteiger partial charge on any atom is 0.191 e. The van der Waals surface area contributed by atoms with Crippen LogP contribution in [0.1, 0.15) is 16.8 Å². The molecule has 0 saturated heterocycles. The monoisotopic (exact) mass is 410 g/mol. The van der Waals surface area contributed by atoms with E-state index in [1.165, 1.54) is 11.1 Å². The van der Waals surface area contributed by atoms with Gasteiger partial charge in [-0.3, -0.25) is 9.98 Å². The Kier molecular flexibility index (Phi) is 8.50. The highest BCUT2D eigenvalue weighted by Gasteiger charge is 1.99. The maximum atomic E-state index is 4.30. The number of halogens is 1. The number of rotatable bonds is 5. The number of nitrogens with zero attached hydrogens (tertiary/aromatic N) is 2. The summed E-state index contributed by atoms with van der Waals surface area (Å²) in [5.41, 5.74) is 3.52. The van der Waals surface area contributed by atoms with Crippen LogP contribution >= 0.6 is 24.0 Å². The van der Waals surface area contributed by atoms with Crippen molar-refractivity contribution in [3.8, 4) is 0 Å². The van der Waals surface area contributed by atoms with Crippen molar-refractivity contribution in [1.82, 2.24) is 15.6 Å². The molecule has 22 heavy (non-hydrogen) atoms. The van der Waals surface area contributed by atoms with Crippen LogP contribution in [0, 0.1) is 6.92 Å². The SMILES string of the molecule is CN=C(NCCc1ccc(C)nc1)NCc1ccccc1.I. The molecule has 0 fully saturated rings. The van der Waals surface area contributed by atoms with Crippen LogP contribution in [0.4, 0.5) is 0 Å². The van der Waals surface area contributed by atoms with Crippen LogP contribution in [0.2, 0.25) is 0 Å². The van der Waals surface area contributed by atoms with Crippen LogP contribution in [0.3, 0.4) is 0 Å². The average molecular weight is 410 g/mol. The highest BCUT2D eigenvalue weighted by atomic mass is 127. The molecule has 0 aliphatic heterocycles. The molecule has 1 aromatic heterocycles. The Balaban J connectivity index is 0.00000242. The Labute approximate surface area is 149 Å². The second-order valence-electron chi connectivity index (χ2n) is 4.90. The fourth-order valence-corrected chi connectivity index (χ4v) is 1.97. The molecular weight excluding hydrogens is 387 g/mol. The molecule has 2 aromatic rings. The lowest BCUT2D eigenvalue weighted by Crippen LogP contribution is -2.37. The van der Waals surface area contributed by atoms with Gasteiger partial charge in [-0.25, -0.2) is 0 Å². The van der Waals surface area contributed by atoms with Gasteiger partial charge in [0.25, 0.3) is 0 Å². The molecule has 0 atom stereocenters. The van der Waals surface area contributed by atoms with Gasteiger partial charge in [0, 0.05) is 32.0 Å². The van der Waals surface area contributed by atoms with Gasteiger partial charge in [0.05, 0.1) is 0 Å². The third kappa shape index (κ3) is 6.43. The van der Waals surface area contributed by atoms with Crippen molar-refractivity contribution >= 4 is 29.9 Å². The van der Waals surface area contributed by atoms with E-state index in [1.807, 2.05) is 37.4 Å². The molecule has 0 bridgehead atoms. The molecule has 0 amide bonds. The van der Waals surface area contributed by atoms with Gasteiger partial charge in [0.15, 0.2) is 5.96 Å². The number of aromatic nitrogens is 1. The molecule has 0 spiro atoms. The topological polar surface area (TPSA) is 49.3 Å². The number of aliphatic imine (C=N–C) groups is 1. The molecule has 0 unspecified atom stereocenters. The highest BCUT2D eigenvalue weighted by Crippen LogP contribution is 1.99. The van der Waals surface area contributed by atoms with Crippen LogP contribution < -0.4 is 10.6 Å². The average Bonchev–Trinajstić information content (AvgIpc) is 2.53. The summed E-state index contributed by atoms with van der Waals surface area (Å²) in [6.07, 6.45) is 2.86. The lowest BCUT2D eigenvalue weighted by molar-refractivity contribution is 0.792. The predicted octanol–water partition coefficient (Wildman–Crippen LogP) is 2.92. The van der Waals surface area contributed by atoms with Crippen molar-refractivity contribution in [2.75, 3.05) is 13.6 Å². The molecule has 118 valence electrons. The van der Waals surface area contributed by atoms with Crippen molar-refractivity contribution < 1.29 is 0 Å². The number of guanidine groups is 1. The molecular formula is C17H23IN4. The second-order valence-corrected chi connectivity index (χ2v) is 4.90. The van der Waals surface area contributed by atoms with Crippen LogP contribution in [0.25, 0.3) is 0 Å². The number of aryl methyl sites for hydroxylation is 1. The zero-order chi connectivity index (χ0) is 14.9. The molecule has 2 N–H and O–H groups in total. The highest BCUT2D eigenvalue weighted by molar-refractivity contribution is 14.0. The van der Waals surface area contributed by atoms with Gasteiger partial charge >= 0.3 is 0 Å². The second kappa shape index (κ2) is 10.2. The van der Waals surface area contributed by atoms with Crippen molar-refractivity contribution in [3.05, 3.63) is 65.5 Å². The first-order valence-corrected chi connectivity index (χ1v) is 7.18.